The highest BCUT2D eigenvalue weighted by molar-refractivity contribution is 5.89. The Hall–Kier alpha value is -1.46. The topological polar surface area (TPSA) is 31.2 Å². The Morgan fingerprint density at radius 2 is 2.20 bits per heavy atom. The lowest BCUT2D eigenvalue weighted by atomic mass is 10.3. The fourth-order valence-electron chi connectivity index (χ4n) is 1.08. The number of esters is 1. The predicted octanol–water partition coefficient (Wildman–Crippen LogP) is 2.23. The van der Waals surface area contributed by atoms with Crippen molar-refractivity contribution in [1.29, 1.82) is 0 Å². The van der Waals surface area contributed by atoms with Crippen LogP contribution in [0.15, 0.2) is 18.5 Å². The number of rotatable bonds is 3. The summed E-state index contributed by atoms with van der Waals surface area (Å²) >= 11 is 0. The van der Waals surface area contributed by atoms with Crippen LogP contribution in [0.2, 0.25) is 0 Å². The van der Waals surface area contributed by atoms with Gasteiger partial charge >= 0.3 is 12.1 Å². The summed E-state index contributed by atoms with van der Waals surface area (Å²) in [5, 5.41) is 0. The zero-order valence-electron chi connectivity index (χ0n) is 8.04. The molecule has 15 heavy (non-hydrogen) atoms. The molecule has 0 fully saturated rings. The van der Waals surface area contributed by atoms with Crippen molar-refractivity contribution in [2.24, 2.45) is 0 Å². The number of hydrogen-bond acceptors (Lipinski definition) is 2. The third-order valence-electron chi connectivity index (χ3n) is 1.62. The minimum atomic E-state index is -4.29. The van der Waals surface area contributed by atoms with Crippen molar-refractivity contribution in [2.75, 3.05) is 6.61 Å². The zero-order valence-corrected chi connectivity index (χ0v) is 8.04. The Morgan fingerprint density at radius 1 is 1.53 bits per heavy atom. The number of nitrogens with zero attached hydrogens (tertiary/aromatic N) is 1. The molecule has 0 aromatic carbocycles. The van der Waals surface area contributed by atoms with Crippen molar-refractivity contribution in [3.05, 3.63) is 24.0 Å². The molecule has 0 bridgehead atoms. The molecule has 6 heteroatoms. The van der Waals surface area contributed by atoms with E-state index in [1.807, 2.05) is 0 Å². The van der Waals surface area contributed by atoms with Crippen molar-refractivity contribution >= 4 is 5.97 Å². The Kier molecular flexibility index (Phi) is 3.39. The first-order valence-electron chi connectivity index (χ1n) is 4.32. The van der Waals surface area contributed by atoms with E-state index in [0.717, 1.165) is 10.8 Å². The van der Waals surface area contributed by atoms with Gasteiger partial charge in [-0.15, -0.1) is 0 Å². The van der Waals surface area contributed by atoms with Gasteiger partial charge in [-0.2, -0.15) is 13.2 Å². The molecule has 1 heterocycles. The summed E-state index contributed by atoms with van der Waals surface area (Å²) in [5.41, 5.74) is 0.126. The van der Waals surface area contributed by atoms with Gasteiger partial charge in [0, 0.05) is 12.4 Å². The van der Waals surface area contributed by atoms with Crippen LogP contribution in [0.25, 0.3) is 0 Å². The van der Waals surface area contributed by atoms with Gasteiger partial charge in [0.25, 0.3) is 0 Å². The van der Waals surface area contributed by atoms with Crippen molar-refractivity contribution in [2.45, 2.75) is 19.6 Å². The highest BCUT2D eigenvalue weighted by Crippen LogP contribution is 2.18. The van der Waals surface area contributed by atoms with E-state index in [4.69, 9.17) is 0 Å². The maximum absolute atomic E-state index is 12.0. The number of ether oxygens (including phenoxy) is 1. The SMILES string of the molecule is CCOC(=O)c1ccn(CC(F)(F)F)c1. The van der Waals surface area contributed by atoms with Gasteiger partial charge in [0.15, 0.2) is 0 Å². The number of hydrogen-bond donors (Lipinski definition) is 0. The lowest BCUT2D eigenvalue weighted by Crippen LogP contribution is -2.16. The monoisotopic (exact) mass is 221 g/mol. The van der Waals surface area contributed by atoms with E-state index in [9.17, 15) is 18.0 Å². The van der Waals surface area contributed by atoms with Gasteiger partial charge in [0.1, 0.15) is 6.54 Å². The number of aromatic nitrogens is 1. The van der Waals surface area contributed by atoms with Crippen LogP contribution in [0.3, 0.4) is 0 Å². The van der Waals surface area contributed by atoms with Crippen LogP contribution in [0.4, 0.5) is 13.2 Å². The molecule has 1 aromatic rings. The molecule has 0 N–H and O–H groups in total. The first-order chi connectivity index (χ1) is 6.92. The Balaban J connectivity index is 2.68. The molecule has 0 aliphatic rings. The molecule has 1 aromatic heterocycles. The van der Waals surface area contributed by atoms with E-state index in [1.54, 1.807) is 6.92 Å². The van der Waals surface area contributed by atoms with Gasteiger partial charge < -0.3 is 9.30 Å². The fourth-order valence-corrected chi connectivity index (χ4v) is 1.08. The Bertz CT molecular complexity index is 343. The standard InChI is InChI=1S/C9H10F3NO2/c1-2-15-8(14)7-3-4-13(5-7)6-9(10,11)12/h3-5H,2,6H2,1H3. The van der Waals surface area contributed by atoms with Gasteiger partial charge in [-0.05, 0) is 13.0 Å². The number of carbonyl (C=O) groups is 1. The van der Waals surface area contributed by atoms with Crippen LogP contribution in [0.1, 0.15) is 17.3 Å². The van der Waals surface area contributed by atoms with E-state index in [2.05, 4.69) is 4.74 Å². The molecule has 0 aliphatic heterocycles. The molecule has 0 aliphatic carbocycles. The molecule has 3 nitrogen and oxygen atoms in total. The minimum Gasteiger partial charge on any atom is -0.462 e. The molecule has 0 radical (unpaired) electrons. The first kappa shape index (κ1) is 11.6. The lowest BCUT2D eigenvalue weighted by Gasteiger charge is -2.06. The number of carbonyl (C=O) groups excluding carboxylic acids is 1. The molecule has 0 atom stereocenters. The van der Waals surface area contributed by atoms with Crippen molar-refractivity contribution < 1.29 is 22.7 Å². The molecule has 0 saturated carbocycles. The second-order valence-electron chi connectivity index (χ2n) is 2.91. The predicted molar refractivity (Wildman–Crippen MR) is 46.4 cm³/mol. The molecule has 0 saturated heterocycles. The molecule has 84 valence electrons. The summed E-state index contributed by atoms with van der Waals surface area (Å²) in [7, 11) is 0. The van der Waals surface area contributed by atoms with Crippen LogP contribution in [-0.2, 0) is 11.3 Å². The van der Waals surface area contributed by atoms with Crippen LogP contribution in [0.5, 0.6) is 0 Å². The quantitative estimate of drug-likeness (QED) is 0.733. The van der Waals surface area contributed by atoms with Crippen LogP contribution in [0, 0.1) is 0 Å². The van der Waals surface area contributed by atoms with E-state index in [1.165, 1.54) is 12.3 Å². The average Bonchev–Trinajstić information content (AvgIpc) is 2.50. The third kappa shape index (κ3) is 3.65. The minimum absolute atomic E-state index is 0.126. The van der Waals surface area contributed by atoms with Gasteiger partial charge in [-0.25, -0.2) is 4.79 Å². The van der Waals surface area contributed by atoms with Gasteiger partial charge in [0.2, 0.25) is 0 Å². The third-order valence-corrected chi connectivity index (χ3v) is 1.62. The van der Waals surface area contributed by atoms with Crippen LogP contribution < -0.4 is 0 Å². The smallest absolute Gasteiger partial charge is 0.406 e. The molecular formula is C9H10F3NO2. The van der Waals surface area contributed by atoms with Crippen molar-refractivity contribution in [3.63, 3.8) is 0 Å². The van der Waals surface area contributed by atoms with Crippen LogP contribution >= 0.6 is 0 Å². The summed E-state index contributed by atoms with van der Waals surface area (Å²) in [6, 6.07) is 1.30. The number of halogens is 3. The molecular weight excluding hydrogens is 211 g/mol. The second kappa shape index (κ2) is 4.37. The highest BCUT2D eigenvalue weighted by Gasteiger charge is 2.27. The van der Waals surface area contributed by atoms with Gasteiger partial charge in [-0.1, -0.05) is 0 Å². The second-order valence-corrected chi connectivity index (χ2v) is 2.91. The maximum atomic E-state index is 12.0. The van der Waals surface area contributed by atoms with Crippen molar-refractivity contribution in [3.8, 4) is 0 Å². The van der Waals surface area contributed by atoms with E-state index < -0.39 is 18.7 Å². The fraction of sp³-hybridized carbons (Fsp3) is 0.444. The molecule has 1 rings (SSSR count). The van der Waals surface area contributed by atoms with Crippen LogP contribution in [-0.4, -0.2) is 23.3 Å². The lowest BCUT2D eigenvalue weighted by molar-refractivity contribution is -0.140. The first-order valence-corrected chi connectivity index (χ1v) is 4.32. The molecule has 0 amide bonds. The normalized spacial score (nSPS) is 11.5. The van der Waals surface area contributed by atoms with E-state index in [-0.39, 0.29) is 12.2 Å². The number of alkyl halides is 3. The maximum Gasteiger partial charge on any atom is 0.406 e. The summed E-state index contributed by atoms with van der Waals surface area (Å²) in [4.78, 5) is 11.1. The summed E-state index contributed by atoms with van der Waals surface area (Å²) < 4.78 is 41.4. The molecule has 0 spiro atoms. The van der Waals surface area contributed by atoms with E-state index >= 15 is 0 Å². The average molecular weight is 221 g/mol. The summed E-state index contributed by atoms with van der Waals surface area (Å²) in [6.45, 7) is 0.723. The zero-order chi connectivity index (χ0) is 11.5. The summed E-state index contributed by atoms with van der Waals surface area (Å²) in [5.74, 6) is -0.613. The van der Waals surface area contributed by atoms with Gasteiger partial charge in [-0.3, -0.25) is 0 Å². The van der Waals surface area contributed by atoms with E-state index in [0.29, 0.717) is 0 Å². The van der Waals surface area contributed by atoms with Gasteiger partial charge in [0.05, 0.1) is 12.2 Å². The van der Waals surface area contributed by atoms with Crippen molar-refractivity contribution in [1.82, 2.24) is 4.57 Å². The Labute approximate surface area is 84.4 Å². The Morgan fingerprint density at radius 3 is 2.73 bits per heavy atom. The summed E-state index contributed by atoms with van der Waals surface area (Å²) in [6.07, 6.45) is -1.98. The largest absolute Gasteiger partial charge is 0.462 e. The highest BCUT2D eigenvalue weighted by atomic mass is 19.4. The molecule has 0 unspecified atom stereocenters.